The van der Waals surface area contributed by atoms with Gasteiger partial charge in [0.25, 0.3) is 5.91 Å². The van der Waals surface area contributed by atoms with Crippen molar-refractivity contribution in [3.05, 3.63) is 17.4 Å². The number of nitrogens with one attached hydrogen (secondary N) is 1. The summed E-state index contributed by atoms with van der Waals surface area (Å²) in [4.78, 5) is 11.4. The second kappa shape index (κ2) is 3.83. The molecule has 1 spiro atoms. The van der Waals surface area contributed by atoms with Crippen LogP contribution in [0.4, 0.5) is 0 Å². The predicted octanol–water partition coefficient (Wildman–Crippen LogP) is 0.249. The number of furan rings is 1. The Bertz CT molecular complexity index is 635. The van der Waals surface area contributed by atoms with Crippen LogP contribution in [-0.2, 0) is 9.84 Å². The zero-order valence-corrected chi connectivity index (χ0v) is 11.4. The van der Waals surface area contributed by atoms with Gasteiger partial charge in [-0.1, -0.05) is 0 Å². The first-order valence-corrected chi connectivity index (χ1v) is 8.04. The van der Waals surface area contributed by atoms with Crippen molar-refractivity contribution in [1.82, 2.24) is 5.32 Å². The summed E-state index contributed by atoms with van der Waals surface area (Å²) < 4.78 is 28.1. The highest BCUT2D eigenvalue weighted by Crippen LogP contribution is 2.54. The third-order valence-electron chi connectivity index (χ3n) is 4.13. The second-order valence-electron chi connectivity index (χ2n) is 5.70. The van der Waals surface area contributed by atoms with Crippen LogP contribution in [0.25, 0.3) is 0 Å². The SMILES string of the molecule is CS(=O)(=O)c1cc(C2CC3(CNC3)C2)c(C(N)=O)o1. The van der Waals surface area contributed by atoms with E-state index in [1.165, 1.54) is 6.07 Å². The highest BCUT2D eigenvalue weighted by molar-refractivity contribution is 7.90. The Balaban J connectivity index is 1.92. The summed E-state index contributed by atoms with van der Waals surface area (Å²) in [6, 6.07) is 1.46. The molecule has 0 aromatic carbocycles. The van der Waals surface area contributed by atoms with E-state index in [0.29, 0.717) is 11.0 Å². The number of nitrogens with two attached hydrogens (primary N) is 1. The van der Waals surface area contributed by atoms with E-state index in [1.807, 2.05) is 0 Å². The van der Waals surface area contributed by atoms with E-state index in [0.717, 1.165) is 32.2 Å². The van der Waals surface area contributed by atoms with Crippen LogP contribution in [0.15, 0.2) is 15.6 Å². The fourth-order valence-corrected chi connectivity index (χ4v) is 3.61. The molecule has 19 heavy (non-hydrogen) atoms. The maximum atomic E-state index is 11.5. The Hall–Kier alpha value is -1.34. The number of carbonyl (C=O) groups excluding carboxylic acids is 1. The molecule has 2 aliphatic rings. The average Bonchev–Trinajstić information content (AvgIpc) is 2.56. The first kappa shape index (κ1) is 12.7. The quantitative estimate of drug-likeness (QED) is 0.828. The van der Waals surface area contributed by atoms with E-state index in [4.69, 9.17) is 10.2 Å². The van der Waals surface area contributed by atoms with Gasteiger partial charge in [0, 0.05) is 31.0 Å². The molecule has 7 heteroatoms. The summed E-state index contributed by atoms with van der Waals surface area (Å²) in [6.07, 6.45) is 2.95. The summed E-state index contributed by atoms with van der Waals surface area (Å²) in [5.41, 5.74) is 6.24. The van der Waals surface area contributed by atoms with Crippen molar-refractivity contribution in [3.8, 4) is 0 Å². The first-order valence-electron chi connectivity index (χ1n) is 6.15. The average molecular weight is 284 g/mol. The molecule has 1 aromatic heterocycles. The summed E-state index contributed by atoms with van der Waals surface area (Å²) in [7, 11) is -3.46. The van der Waals surface area contributed by atoms with Gasteiger partial charge in [-0.05, 0) is 24.2 Å². The number of sulfone groups is 1. The molecular formula is C12H16N2O4S. The Morgan fingerprint density at radius 2 is 2.11 bits per heavy atom. The molecular weight excluding hydrogens is 268 g/mol. The molecule has 104 valence electrons. The molecule has 1 saturated carbocycles. The van der Waals surface area contributed by atoms with Gasteiger partial charge < -0.3 is 15.5 Å². The molecule has 2 fully saturated rings. The third kappa shape index (κ3) is 1.97. The van der Waals surface area contributed by atoms with Crippen LogP contribution in [0.1, 0.15) is 34.9 Å². The van der Waals surface area contributed by atoms with E-state index < -0.39 is 15.7 Å². The lowest BCUT2D eigenvalue weighted by Crippen LogP contribution is -2.59. The van der Waals surface area contributed by atoms with Crippen LogP contribution < -0.4 is 11.1 Å². The first-order chi connectivity index (χ1) is 8.81. The van der Waals surface area contributed by atoms with Crippen LogP contribution in [0.3, 0.4) is 0 Å². The highest BCUT2D eigenvalue weighted by Gasteiger charge is 2.50. The van der Waals surface area contributed by atoms with Gasteiger partial charge in [0.2, 0.25) is 14.9 Å². The zero-order chi connectivity index (χ0) is 13.8. The summed E-state index contributed by atoms with van der Waals surface area (Å²) in [5.74, 6) is -0.547. The largest absolute Gasteiger partial charge is 0.439 e. The van der Waals surface area contributed by atoms with Crippen molar-refractivity contribution in [1.29, 1.82) is 0 Å². The summed E-state index contributed by atoms with van der Waals surface area (Å²) in [5, 5.41) is 3.05. The molecule has 0 bridgehead atoms. The van der Waals surface area contributed by atoms with E-state index in [1.54, 1.807) is 0 Å². The lowest BCUT2D eigenvalue weighted by molar-refractivity contribution is 0.0355. The normalized spacial score (nSPS) is 21.9. The second-order valence-corrected chi connectivity index (χ2v) is 7.64. The fourth-order valence-electron chi connectivity index (χ4n) is 3.03. The van der Waals surface area contributed by atoms with Crippen LogP contribution in [0.5, 0.6) is 0 Å². The van der Waals surface area contributed by atoms with E-state index >= 15 is 0 Å². The van der Waals surface area contributed by atoms with Crippen LogP contribution in [0, 0.1) is 5.41 Å². The molecule has 1 aliphatic carbocycles. The van der Waals surface area contributed by atoms with Gasteiger partial charge in [0.1, 0.15) is 0 Å². The Kier molecular flexibility index (Phi) is 2.56. The monoisotopic (exact) mass is 284 g/mol. The van der Waals surface area contributed by atoms with Gasteiger partial charge >= 0.3 is 0 Å². The molecule has 1 amide bonds. The molecule has 1 aliphatic heterocycles. The van der Waals surface area contributed by atoms with Crippen molar-refractivity contribution in [2.75, 3.05) is 19.3 Å². The standard InChI is InChI=1S/C12H16N2O4S/c1-19(16,17)9-2-8(10(18-9)11(13)15)7-3-12(4-7)5-14-6-12/h2,7,14H,3-6H2,1H3,(H2,13,15). The van der Waals surface area contributed by atoms with E-state index in [2.05, 4.69) is 5.32 Å². The van der Waals surface area contributed by atoms with Crippen molar-refractivity contribution >= 4 is 15.7 Å². The van der Waals surface area contributed by atoms with E-state index in [-0.39, 0.29) is 16.8 Å². The van der Waals surface area contributed by atoms with Gasteiger partial charge in [-0.25, -0.2) is 8.42 Å². The molecule has 0 radical (unpaired) electrons. The Labute approximate surface area is 111 Å². The molecule has 0 atom stereocenters. The minimum absolute atomic E-state index is 0.00689. The Morgan fingerprint density at radius 1 is 1.47 bits per heavy atom. The molecule has 6 nitrogen and oxygen atoms in total. The summed E-state index contributed by atoms with van der Waals surface area (Å²) in [6.45, 7) is 1.98. The minimum Gasteiger partial charge on any atom is -0.439 e. The highest BCUT2D eigenvalue weighted by atomic mass is 32.2. The van der Waals surface area contributed by atoms with Gasteiger partial charge in [-0.2, -0.15) is 0 Å². The Morgan fingerprint density at radius 3 is 2.53 bits per heavy atom. The van der Waals surface area contributed by atoms with Gasteiger partial charge in [-0.3, -0.25) is 4.79 Å². The number of rotatable bonds is 3. The topological polar surface area (TPSA) is 102 Å². The van der Waals surface area contributed by atoms with Crippen molar-refractivity contribution in [3.63, 3.8) is 0 Å². The molecule has 1 saturated heterocycles. The number of carbonyl (C=O) groups is 1. The van der Waals surface area contributed by atoms with Gasteiger partial charge in [0.05, 0.1) is 0 Å². The van der Waals surface area contributed by atoms with E-state index in [9.17, 15) is 13.2 Å². The lowest BCUT2D eigenvalue weighted by Gasteiger charge is -2.54. The molecule has 0 unspecified atom stereocenters. The molecule has 2 heterocycles. The number of amides is 1. The number of primary amides is 1. The lowest BCUT2D eigenvalue weighted by atomic mass is 9.57. The maximum Gasteiger partial charge on any atom is 0.284 e. The zero-order valence-electron chi connectivity index (χ0n) is 10.6. The van der Waals surface area contributed by atoms with Crippen molar-refractivity contribution in [2.24, 2.45) is 11.1 Å². The summed E-state index contributed by atoms with van der Waals surface area (Å²) >= 11 is 0. The molecule has 1 aromatic rings. The number of hydrogen-bond donors (Lipinski definition) is 2. The molecule has 3 N–H and O–H groups in total. The van der Waals surface area contributed by atoms with Crippen LogP contribution in [-0.4, -0.2) is 33.7 Å². The van der Waals surface area contributed by atoms with Gasteiger partial charge in [-0.15, -0.1) is 0 Å². The third-order valence-corrected chi connectivity index (χ3v) is 5.06. The van der Waals surface area contributed by atoms with Crippen LogP contribution >= 0.6 is 0 Å². The van der Waals surface area contributed by atoms with Crippen molar-refractivity contribution < 1.29 is 17.6 Å². The van der Waals surface area contributed by atoms with Crippen LogP contribution in [0.2, 0.25) is 0 Å². The number of hydrogen-bond acceptors (Lipinski definition) is 5. The van der Waals surface area contributed by atoms with Crippen molar-refractivity contribution in [2.45, 2.75) is 23.9 Å². The maximum absolute atomic E-state index is 11.5. The van der Waals surface area contributed by atoms with Gasteiger partial charge in [0.15, 0.2) is 5.76 Å². The fraction of sp³-hybridized carbons (Fsp3) is 0.583. The predicted molar refractivity (Wildman–Crippen MR) is 67.6 cm³/mol. The molecule has 3 rings (SSSR count). The minimum atomic E-state index is -3.46. The smallest absolute Gasteiger partial charge is 0.284 e.